The second kappa shape index (κ2) is 9.59. The third-order valence-electron chi connectivity index (χ3n) is 4.57. The Balaban J connectivity index is 2.05. The van der Waals surface area contributed by atoms with Gasteiger partial charge in [0.15, 0.2) is 11.6 Å². The molecule has 0 bridgehead atoms. The van der Waals surface area contributed by atoms with Gasteiger partial charge in [-0.15, -0.1) is 20.4 Å². The first-order valence-corrected chi connectivity index (χ1v) is 12.5. The number of hydrogen-bond acceptors (Lipinski definition) is 11. The van der Waals surface area contributed by atoms with Gasteiger partial charge in [0.25, 0.3) is 20.2 Å². The summed E-state index contributed by atoms with van der Waals surface area (Å²) in [6, 6.07) is 13.9. The van der Waals surface area contributed by atoms with Crippen LogP contribution in [0.15, 0.2) is 76.8 Å². The number of hydrogen-bond donors (Lipinski definition) is 2. The standard InChI is InChI=1S/C20H15N7O6S2/c28-34(29,30)19-15(7-6-14-4-2-1-3-5-14)8-9-16(20(19)35(31,32)33)27(17-10-12-21-25-23-17)18-11-13-22-26-24-18/h1-13H,(H,28,29,30)(H,31,32,33). The fourth-order valence-corrected chi connectivity index (χ4v) is 5.39. The van der Waals surface area contributed by atoms with E-state index in [0.717, 1.165) is 4.90 Å². The summed E-state index contributed by atoms with van der Waals surface area (Å²) >= 11 is 0. The molecule has 15 heteroatoms. The van der Waals surface area contributed by atoms with Crippen LogP contribution in [-0.4, -0.2) is 56.8 Å². The molecule has 2 heterocycles. The van der Waals surface area contributed by atoms with E-state index in [-0.39, 0.29) is 17.2 Å². The molecule has 0 fully saturated rings. The lowest BCUT2D eigenvalue weighted by atomic mass is 10.1. The topological polar surface area (TPSA) is 189 Å². The zero-order valence-corrected chi connectivity index (χ0v) is 19.1. The molecule has 2 aromatic carbocycles. The van der Waals surface area contributed by atoms with Crippen LogP contribution in [0.4, 0.5) is 17.3 Å². The minimum Gasteiger partial charge on any atom is -0.282 e. The van der Waals surface area contributed by atoms with Gasteiger partial charge in [-0.05, 0) is 27.6 Å². The third kappa shape index (κ3) is 5.33. The van der Waals surface area contributed by atoms with Crippen molar-refractivity contribution >= 4 is 49.7 Å². The molecule has 0 spiro atoms. The van der Waals surface area contributed by atoms with Gasteiger partial charge in [0.1, 0.15) is 9.79 Å². The van der Waals surface area contributed by atoms with Crippen molar-refractivity contribution in [2.45, 2.75) is 9.79 Å². The summed E-state index contributed by atoms with van der Waals surface area (Å²) in [7, 11) is -10.4. The zero-order chi connectivity index (χ0) is 25.1. The smallest absolute Gasteiger partial charge is 0.282 e. The van der Waals surface area contributed by atoms with Crippen LogP contribution in [0.25, 0.3) is 12.2 Å². The molecule has 0 aliphatic rings. The lowest BCUT2D eigenvalue weighted by molar-refractivity contribution is 0.466. The zero-order valence-electron chi connectivity index (χ0n) is 17.5. The predicted octanol–water partition coefficient (Wildman–Crippen LogP) is 2.19. The van der Waals surface area contributed by atoms with Gasteiger partial charge < -0.3 is 0 Å². The summed E-state index contributed by atoms with van der Waals surface area (Å²) in [6.07, 6.45) is 5.30. The van der Waals surface area contributed by atoms with Gasteiger partial charge in [-0.25, -0.2) is 0 Å². The SMILES string of the molecule is O=S(=O)(O)c1c(C=Cc2ccccc2)ccc(N(c2ccnnn2)c2ccnnn2)c1S(=O)(=O)O. The highest BCUT2D eigenvalue weighted by Gasteiger charge is 2.34. The molecule has 4 rings (SSSR count). The Kier molecular flexibility index (Phi) is 6.57. The van der Waals surface area contributed by atoms with Crippen molar-refractivity contribution in [1.82, 2.24) is 30.8 Å². The molecule has 2 N–H and O–H groups in total. The van der Waals surface area contributed by atoms with E-state index in [1.54, 1.807) is 30.3 Å². The van der Waals surface area contributed by atoms with Crippen molar-refractivity contribution in [3.8, 4) is 0 Å². The molecule has 178 valence electrons. The molecule has 4 aromatic rings. The van der Waals surface area contributed by atoms with Crippen LogP contribution in [0.3, 0.4) is 0 Å². The van der Waals surface area contributed by atoms with Crippen LogP contribution in [0, 0.1) is 0 Å². The van der Waals surface area contributed by atoms with Crippen molar-refractivity contribution in [1.29, 1.82) is 0 Å². The van der Waals surface area contributed by atoms with Crippen molar-refractivity contribution in [3.63, 3.8) is 0 Å². The molecular formula is C20H15N7O6S2. The fourth-order valence-electron chi connectivity index (χ4n) is 3.21. The summed E-state index contributed by atoms with van der Waals surface area (Å²) < 4.78 is 70.1. The lowest BCUT2D eigenvalue weighted by Gasteiger charge is -2.24. The Morgan fingerprint density at radius 2 is 1.26 bits per heavy atom. The molecule has 13 nitrogen and oxygen atoms in total. The van der Waals surface area contributed by atoms with Crippen LogP contribution in [0.1, 0.15) is 11.1 Å². The van der Waals surface area contributed by atoms with E-state index in [1.165, 1.54) is 48.8 Å². The first-order chi connectivity index (χ1) is 16.7. The minimum atomic E-state index is -5.26. The number of nitrogens with zero attached hydrogens (tertiary/aromatic N) is 7. The number of anilines is 3. The highest BCUT2D eigenvalue weighted by Crippen LogP contribution is 2.40. The van der Waals surface area contributed by atoms with Gasteiger partial charge in [0, 0.05) is 12.1 Å². The van der Waals surface area contributed by atoms with E-state index in [2.05, 4.69) is 30.8 Å². The normalized spacial score (nSPS) is 12.1. The van der Waals surface area contributed by atoms with Gasteiger partial charge in [-0.2, -0.15) is 16.8 Å². The van der Waals surface area contributed by atoms with E-state index < -0.39 is 35.7 Å². The van der Waals surface area contributed by atoms with Crippen LogP contribution in [0.5, 0.6) is 0 Å². The van der Waals surface area contributed by atoms with Gasteiger partial charge in [0.05, 0.1) is 18.1 Å². The monoisotopic (exact) mass is 513 g/mol. The Bertz CT molecular complexity index is 1550. The van der Waals surface area contributed by atoms with Gasteiger partial charge in [-0.1, -0.05) is 48.6 Å². The predicted molar refractivity (Wildman–Crippen MR) is 123 cm³/mol. The first-order valence-electron chi connectivity index (χ1n) is 9.60. The summed E-state index contributed by atoms with van der Waals surface area (Å²) in [5.74, 6) is -0.0847. The molecule has 0 atom stereocenters. The van der Waals surface area contributed by atoms with Gasteiger partial charge in [-0.3, -0.25) is 14.0 Å². The molecule has 0 unspecified atom stereocenters. The molecule has 35 heavy (non-hydrogen) atoms. The Morgan fingerprint density at radius 3 is 1.74 bits per heavy atom. The summed E-state index contributed by atoms with van der Waals surface area (Å²) in [5, 5.41) is 21.8. The van der Waals surface area contributed by atoms with Crippen LogP contribution >= 0.6 is 0 Å². The van der Waals surface area contributed by atoms with Crippen molar-refractivity contribution in [2.75, 3.05) is 4.90 Å². The van der Waals surface area contributed by atoms with Gasteiger partial charge in [0.2, 0.25) is 0 Å². The average Bonchev–Trinajstić information content (AvgIpc) is 2.84. The Morgan fingerprint density at radius 1 is 0.686 bits per heavy atom. The molecule has 0 aliphatic heterocycles. The molecule has 0 amide bonds. The number of benzene rings is 2. The highest BCUT2D eigenvalue weighted by molar-refractivity contribution is 7.89. The fraction of sp³-hybridized carbons (Fsp3) is 0. The molecule has 0 aliphatic carbocycles. The molecule has 0 radical (unpaired) electrons. The average molecular weight is 514 g/mol. The second-order valence-electron chi connectivity index (χ2n) is 6.82. The quantitative estimate of drug-likeness (QED) is 0.270. The molecule has 0 saturated heterocycles. The molecular weight excluding hydrogens is 498 g/mol. The van der Waals surface area contributed by atoms with Crippen molar-refractivity contribution in [3.05, 3.63) is 78.1 Å². The maximum Gasteiger partial charge on any atom is 0.298 e. The first kappa shape index (κ1) is 24.0. The van der Waals surface area contributed by atoms with E-state index in [1.807, 2.05) is 0 Å². The van der Waals surface area contributed by atoms with E-state index in [9.17, 15) is 25.9 Å². The van der Waals surface area contributed by atoms with Crippen LogP contribution < -0.4 is 4.90 Å². The second-order valence-corrected chi connectivity index (χ2v) is 9.54. The summed E-state index contributed by atoms with van der Waals surface area (Å²) in [4.78, 5) is -1.09. The summed E-state index contributed by atoms with van der Waals surface area (Å²) in [6.45, 7) is 0. The number of rotatable bonds is 7. The van der Waals surface area contributed by atoms with Crippen LogP contribution in [0.2, 0.25) is 0 Å². The minimum absolute atomic E-state index is 0.0423. The Labute approximate surface area is 199 Å². The highest BCUT2D eigenvalue weighted by atomic mass is 32.2. The van der Waals surface area contributed by atoms with E-state index in [4.69, 9.17) is 0 Å². The number of aromatic nitrogens is 6. The molecule has 0 saturated carbocycles. The van der Waals surface area contributed by atoms with E-state index >= 15 is 0 Å². The van der Waals surface area contributed by atoms with Crippen LogP contribution in [-0.2, 0) is 20.2 Å². The maximum atomic E-state index is 12.5. The van der Waals surface area contributed by atoms with Crippen molar-refractivity contribution < 1.29 is 25.9 Å². The van der Waals surface area contributed by atoms with Crippen molar-refractivity contribution in [2.24, 2.45) is 0 Å². The molecule has 2 aromatic heterocycles. The largest absolute Gasteiger partial charge is 0.298 e. The van der Waals surface area contributed by atoms with Gasteiger partial charge >= 0.3 is 0 Å². The lowest BCUT2D eigenvalue weighted by Crippen LogP contribution is -2.20. The maximum absolute atomic E-state index is 12.5. The summed E-state index contributed by atoms with van der Waals surface area (Å²) in [5.41, 5.74) is 0.0688. The third-order valence-corrected chi connectivity index (χ3v) is 6.58. The van der Waals surface area contributed by atoms with E-state index in [0.29, 0.717) is 5.56 Å². The Hall–Kier alpha value is -4.18.